The third-order valence-corrected chi connectivity index (χ3v) is 4.92. The number of rotatable bonds is 11. The highest BCUT2D eigenvalue weighted by molar-refractivity contribution is 5.80. The van der Waals surface area contributed by atoms with Gasteiger partial charge >= 0.3 is 5.97 Å². The highest BCUT2D eigenvalue weighted by atomic mass is 16.4. The Kier molecular flexibility index (Phi) is 9.12. The molecule has 154 valence electrons. The maximum absolute atomic E-state index is 10.5. The summed E-state index contributed by atoms with van der Waals surface area (Å²) >= 11 is 0. The van der Waals surface area contributed by atoms with E-state index in [0.717, 1.165) is 56.3 Å². The number of aryl methyl sites for hydroxylation is 1. The van der Waals surface area contributed by atoms with Crippen molar-refractivity contribution >= 4 is 5.97 Å². The molecule has 0 spiro atoms. The maximum atomic E-state index is 10.5. The van der Waals surface area contributed by atoms with Crippen LogP contribution < -0.4 is 0 Å². The van der Waals surface area contributed by atoms with Crippen LogP contribution in [0.1, 0.15) is 44.9 Å². The van der Waals surface area contributed by atoms with Gasteiger partial charge < -0.3 is 10.6 Å². The highest BCUT2D eigenvalue weighted by Gasteiger charge is 2.12. The van der Waals surface area contributed by atoms with E-state index in [-0.39, 0.29) is 11.9 Å². The van der Waals surface area contributed by atoms with E-state index in [1.54, 1.807) is 0 Å². The Morgan fingerprint density at radius 1 is 0.793 bits per heavy atom. The number of aromatic nitrogens is 2. The summed E-state index contributed by atoms with van der Waals surface area (Å²) in [4.78, 5) is 10.5. The summed E-state index contributed by atoms with van der Waals surface area (Å²) in [5.74, 6) is -0.692. The Morgan fingerprint density at radius 2 is 1.34 bits per heavy atom. The van der Waals surface area contributed by atoms with E-state index in [9.17, 15) is 4.79 Å². The summed E-state index contributed by atoms with van der Waals surface area (Å²) in [6.45, 7) is 0.905. The lowest BCUT2D eigenvalue weighted by atomic mass is 10.0. The lowest BCUT2D eigenvalue weighted by Gasteiger charge is -2.02. The first-order valence-electron chi connectivity index (χ1n) is 10.1. The zero-order valence-electron chi connectivity index (χ0n) is 16.8. The number of unbranched alkanes of at least 4 members (excludes halogenated alkanes) is 5. The molecule has 3 aromatic rings. The van der Waals surface area contributed by atoms with Crippen LogP contribution in [0.25, 0.3) is 22.4 Å². The average Bonchev–Trinajstić information content (AvgIpc) is 3.15. The van der Waals surface area contributed by atoms with Gasteiger partial charge in [-0.15, -0.1) is 0 Å². The van der Waals surface area contributed by atoms with E-state index in [1.807, 2.05) is 24.3 Å². The zero-order valence-corrected chi connectivity index (χ0v) is 16.8. The summed E-state index contributed by atoms with van der Waals surface area (Å²) in [6, 6.07) is 20.8. The van der Waals surface area contributed by atoms with Gasteiger partial charge in [-0.25, -0.2) is 0 Å². The molecule has 1 aromatic heterocycles. The molecule has 0 aliphatic rings. The number of carboxylic acids is 1. The molecule has 0 fully saturated rings. The average molecular weight is 395 g/mol. The van der Waals surface area contributed by atoms with Crippen molar-refractivity contribution in [2.24, 2.45) is 0 Å². The summed E-state index contributed by atoms with van der Waals surface area (Å²) < 4.78 is 2.06. The van der Waals surface area contributed by atoms with Crippen LogP contribution in [0, 0.1) is 0 Å². The zero-order chi connectivity index (χ0) is 19.6. The van der Waals surface area contributed by atoms with Gasteiger partial charge in [0.2, 0.25) is 0 Å². The first-order valence-corrected chi connectivity index (χ1v) is 10.1. The molecule has 3 rings (SSSR count). The van der Waals surface area contributed by atoms with E-state index < -0.39 is 5.97 Å². The summed E-state index contributed by atoms with van der Waals surface area (Å²) in [6.07, 6.45) is 8.73. The van der Waals surface area contributed by atoms with Crippen molar-refractivity contribution < 1.29 is 15.4 Å². The molecule has 29 heavy (non-hydrogen) atoms. The second-order valence-corrected chi connectivity index (χ2v) is 7.15. The smallest absolute Gasteiger partial charge is 0.303 e. The van der Waals surface area contributed by atoms with Gasteiger partial charge in [0, 0.05) is 30.3 Å². The first kappa shape index (κ1) is 22.4. The molecule has 0 bridgehead atoms. The minimum absolute atomic E-state index is 0. The number of benzene rings is 2. The SMILES string of the molecule is O.O=C(O)CCCCCCCCn1cc(-c2ccccc2)c(-c2ccccc2)n1. The number of nitrogens with zero attached hydrogens (tertiary/aromatic N) is 2. The topological polar surface area (TPSA) is 86.6 Å². The lowest BCUT2D eigenvalue weighted by Crippen LogP contribution is -1.99. The number of hydrogen-bond acceptors (Lipinski definition) is 2. The molecule has 0 unspecified atom stereocenters. The van der Waals surface area contributed by atoms with Crippen LogP contribution in [0.3, 0.4) is 0 Å². The molecule has 0 radical (unpaired) electrons. The Balaban J connectivity index is 0.00000300. The molecule has 0 aliphatic carbocycles. The van der Waals surface area contributed by atoms with Crippen molar-refractivity contribution in [3.05, 3.63) is 66.9 Å². The fraction of sp³-hybridized carbons (Fsp3) is 0.333. The van der Waals surface area contributed by atoms with E-state index in [0.29, 0.717) is 0 Å². The molecule has 3 N–H and O–H groups in total. The first-order chi connectivity index (χ1) is 13.7. The van der Waals surface area contributed by atoms with Crippen molar-refractivity contribution in [2.45, 2.75) is 51.5 Å². The monoisotopic (exact) mass is 394 g/mol. The normalized spacial score (nSPS) is 10.5. The molecule has 0 atom stereocenters. The van der Waals surface area contributed by atoms with Gasteiger partial charge in [-0.2, -0.15) is 5.10 Å². The molecular formula is C24H30N2O3. The van der Waals surface area contributed by atoms with Crippen molar-refractivity contribution in [3.63, 3.8) is 0 Å². The molecule has 0 saturated carbocycles. The predicted octanol–water partition coefficient (Wildman–Crippen LogP) is 5.21. The molecule has 5 nitrogen and oxygen atoms in total. The molecule has 1 heterocycles. The van der Waals surface area contributed by atoms with Crippen molar-refractivity contribution in [1.29, 1.82) is 0 Å². The van der Waals surface area contributed by atoms with Crippen molar-refractivity contribution in [2.75, 3.05) is 0 Å². The van der Waals surface area contributed by atoms with Gasteiger partial charge in [0.1, 0.15) is 5.69 Å². The number of aliphatic carboxylic acids is 1. The van der Waals surface area contributed by atoms with Crippen molar-refractivity contribution in [1.82, 2.24) is 9.78 Å². The van der Waals surface area contributed by atoms with Crippen LogP contribution in [-0.2, 0) is 11.3 Å². The van der Waals surface area contributed by atoms with Gasteiger partial charge in [0.25, 0.3) is 0 Å². The number of carboxylic acid groups (broad SMARTS) is 1. The molecule has 0 aliphatic heterocycles. The Bertz CT molecular complexity index is 803. The molecule has 0 saturated heterocycles. The molecule has 0 amide bonds. The number of carbonyl (C=O) groups is 1. The van der Waals surface area contributed by atoms with Gasteiger partial charge in [-0.05, 0) is 18.4 Å². The molecule has 5 heteroatoms. The summed E-state index contributed by atoms with van der Waals surface area (Å²) in [7, 11) is 0. The summed E-state index contributed by atoms with van der Waals surface area (Å²) in [5, 5.41) is 13.5. The molecule has 2 aromatic carbocycles. The Labute approximate surface area is 172 Å². The van der Waals surface area contributed by atoms with Crippen LogP contribution in [0.15, 0.2) is 66.9 Å². The lowest BCUT2D eigenvalue weighted by molar-refractivity contribution is -0.137. The van der Waals surface area contributed by atoms with Gasteiger partial charge in [0.15, 0.2) is 0 Å². The van der Waals surface area contributed by atoms with Crippen molar-refractivity contribution in [3.8, 4) is 22.4 Å². The highest BCUT2D eigenvalue weighted by Crippen LogP contribution is 2.30. The Morgan fingerprint density at radius 3 is 1.97 bits per heavy atom. The third kappa shape index (κ3) is 6.88. The van der Waals surface area contributed by atoms with Gasteiger partial charge in [-0.3, -0.25) is 9.48 Å². The van der Waals surface area contributed by atoms with Crippen LogP contribution in [0.2, 0.25) is 0 Å². The minimum Gasteiger partial charge on any atom is -0.481 e. The van der Waals surface area contributed by atoms with E-state index >= 15 is 0 Å². The quantitative estimate of drug-likeness (QED) is 0.453. The van der Waals surface area contributed by atoms with Crippen LogP contribution >= 0.6 is 0 Å². The summed E-state index contributed by atoms with van der Waals surface area (Å²) in [5.41, 5.74) is 4.52. The third-order valence-electron chi connectivity index (χ3n) is 4.92. The van der Waals surface area contributed by atoms with E-state index in [4.69, 9.17) is 10.2 Å². The second kappa shape index (κ2) is 11.8. The largest absolute Gasteiger partial charge is 0.481 e. The van der Waals surface area contributed by atoms with Crippen LogP contribution in [-0.4, -0.2) is 26.3 Å². The van der Waals surface area contributed by atoms with Crippen LogP contribution in [0.4, 0.5) is 0 Å². The standard InChI is InChI=1S/C24H28N2O2.H2O/c27-23(28)17-11-3-1-2-4-12-18-26-19-22(20-13-7-5-8-14-20)24(25-26)21-15-9-6-10-16-21;/h5-10,13-16,19H,1-4,11-12,17-18H2,(H,27,28);1H2. The predicted molar refractivity (Wildman–Crippen MR) is 117 cm³/mol. The van der Waals surface area contributed by atoms with Gasteiger partial charge in [-0.1, -0.05) is 86.3 Å². The Hall–Kier alpha value is -2.92. The van der Waals surface area contributed by atoms with Gasteiger partial charge in [0.05, 0.1) is 0 Å². The maximum Gasteiger partial charge on any atom is 0.303 e. The van der Waals surface area contributed by atoms with Crippen LogP contribution in [0.5, 0.6) is 0 Å². The fourth-order valence-electron chi connectivity index (χ4n) is 3.43. The number of hydrogen-bond donors (Lipinski definition) is 1. The minimum atomic E-state index is -0.692. The second-order valence-electron chi connectivity index (χ2n) is 7.15. The fourth-order valence-corrected chi connectivity index (χ4v) is 3.43. The molecular weight excluding hydrogens is 364 g/mol. The van der Waals surface area contributed by atoms with E-state index in [1.165, 1.54) is 11.1 Å². The van der Waals surface area contributed by atoms with E-state index in [2.05, 4.69) is 47.3 Å².